The Hall–Kier alpha value is -1.56. The molecule has 0 aliphatic heterocycles. The van der Waals surface area contributed by atoms with Crippen molar-refractivity contribution in [2.75, 3.05) is 6.54 Å². The summed E-state index contributed by atoms with van der Waals surface area (Å²) >= 11 is 0. The van der Waals surface area contributed by atoms with Crippen molar-refractivity contribution >= 4 is 11.0 Å². The minimum Gasteiger partial charge on any atom is -0.324 e. The van der Waals surface area contributed by atoms with Crippen molar-refractivity contribution in [3.63, 3.8) is 0 Å². The summed E-state index contributed by atoms with van der Waals surface area (Å²) in [5, 5.41) is 2.39. The molecule has 0 fully saturated rings. The molecule has 1 heterocycles. The number of fused-ring (bicyclic) bond motifs is 1. The number of halogens is 3. The molecule has 0 radical (unpaired) electrons. The summed E-state index contributed by atoms with van der Waals surface area (Å²) in [6.07, 6.45) is -4.20. The number of nitrogens with zero attached hydrogens (tertiary/aromatic N) is 2. The standard InChI is InChI=1S/C13H16F3N3/c1-9(2)19-11-6-4-3-5-10(11)18-12(19)7-17-8-13(14,15)16/h3-6,9,17H,7-8H2,1-2H3. The van der Waals surface area contributed by atoms with E-state index < -0.39 is 12.7 Å². The molecule has 0 unspecified atom stereocenters. The molecule has 1 N–H and O–H groups in total. The number of benzene rings is 1. The molecule has 1 aromatic heterocycles. The smallest absolute Gasteiger partial charge is 0.324 e. The number of alkyl halides is 3. The van der Waals surface area contributed by atoms with Gasteiger partial charge in [-0.1, -0.05) is 12.1 Å². The van der Waals surface area contributed by atoms with E-state index in [4.69, 9.17) is 0 Å². The number of nitrogens with one attached hydrogen (secondary N) is 1. The van der Waals surface area contributed by atoms with E-state index in [1.54, 1.807) is 0 Å². The largest absolute Gasteiger partial charge is 0.401 e. The highest BCUT2D eigenvalue weighted by atomic mass is 19.4. The molecular formula is C13H16F3N3. The second kappa shape index (κ2) is 5.21. The van der Waals surface area contributed by atoms with Gasteiger partial charge in [0, 0.05) is 6.04 Å². The first-order valence-electron chi connectivity index (χ1n) is 6.12. The Morgan fingerprint density at radius 3 is 2.58 bits per heavy atom. The monoisotopic (exact) mass is 271 g/mol. The van der Waals surface area contributed by atoms with Crippen molar-refractivity contribution in [3.05, 3.63) is 30.1 Å². The van der Waals surface area contributed by atoms with Crippen LogP contribution in [0, 0.1) is 0 Å². The molecule has 0 bridgehead atoms. The van der Waals surface area contributed by atoms with Crippen LogP contribution in [0.4, 0.5) is 13.2 Å². The molecule has 2 aromatic rings. The second-order valence-electron chi connectivity index (χ2n) is 4.70. The third kappa shape index (κ3) is 3.26. The van der Waals surface area contributed by atoms with Crippen molar-refractivity contribution in [1.29, 1.82) is 0 Å². The maximum absolute atomic E-state index is 12.1. The van der Waals surface area contributed by atoms with Crippen LogP contribution >= 0.6 is 0 Å². The van der Waals surface area contributed by atoms with Crippen LogP contribution in [0.1, 0.15) is 25.7 Å². The lowest BCUT2D eigenvalue weighted by molar-refractivity contribution is -0.125. The highest BCUT2D eigenvalue weighted by molar-refractivity contribution is 5.76. The van der Waals surface area contributed by atoms with Gasteiger partial charge < -0.3 is 9.88 Å². The fourth-order valence-corrected chi connectivity index (χ4v) is 2.11. The van der Waals surface area contributed by atoms with Crippen LogP contribution in [-0.2, 0) is 6.54 Å². The van der Waals surface area contributed by atoms with E-state index in [-0.39, 0.29) is 12.6 Å². The fourth-order valence-electron chi connectivity index (χ4n) is 2.11. The molecule has 0 spiro atoms. The number of imidazole rings is 1. The van der Waals surface area contributed by atoms with Gasteiger partial charge in [0.2, 0.25) is 0 Å². The van der Waals surface area contributed by atoms with Crippen LogP contribution < -0.4 is 5.32 Å². The van der Waals surface area contributed by atoms with E-state index in [0.29, 0.717) is 5.82 Å². The average Bonchev–Trinajstić information content (AvgIpc) is 2.65. The summed E-state index contributed by atoms with van der Waals surface area (Å²) < 4.78 is 38.4. The van der Waals surface area contributed by atoms with Gasteiger partial charge in [-0.25, -0.2) is 4.98 Å². The van der Waals surface area contributed by atoms with Gasteiger partial charge in [0.15, 0.2) is 0 Å². The third-order valence-electron chi connectivity index (χ3n) is 2.79. The van der Waals surface area contributed by atoms with Gasteiger partial charge in [-0.3, -0.25) is 0 Å². The zero-order valence-electron chi connectivity index (χ0n) is 10.8. The number of hydrogen-bond donors (Lipinski definition) is 1. The van der Waals surface area contributed by atoms with E-state index in [1.807, 2.05) is 42.7 Å². The number of rotatable bonds is 4. The molecule has 0 saturated heterocycles. The van der Waals surface area contributed by atoms with Crippen LogP contribution in [0.25, 0.3) is 11.0 Å². The van der Waals surface area contributed by atoms with Gasteiger partial charge >= 0.3 is 6.18 Å². The van der Waals surface area contributed by atoms with Crippen LogP contribution in [0.2, 0.25) is 0 Å². The van der Waals surface area contributed by atoms with Gasteiger partial charge in [0.1, 0.15) is 5.82 Å². The Bertz CT molecular complexity index is 558. The van der Waals surface area contributed by atoms with Gasteiger partial charge in [0.25, 0.3) is 0 Å². The van der Waals surface area contributed by atoms with Gasteiger partial charge in [-0.05, 0) is 26.0 Å². The van der Waals surface area contributed by atoms with Crippen LogP contribution in [-0.4, -0.2) is 22.3 Å². The Labute approximate surface area is 109 Å². The van der Waals surface area contributed by atoms with E-state index >= 15 is 0 Å². The Balaban J connectivity index is 2.24. The average molecular weight is 271 g/mol. The van der Waals surface area contributed by atoms with E-state index in [9.17, 15) is 13.2 Å². The van der Waals surface area contributed by atoms with Gasteiger partial charge in [-0.2, -0.15) is 13.2 Å². The Kier molecular flexibility index (Phi) is 3.80. The highest BCUT2D eigenvalue weighted by Crippen LogP contribution is 2.21. The third-order valence-corrected chi connectivity index (χ3v) is 2.79. The van der Waals surface area contributed by atoms with Crippen molar-refractivity contribution < 1.29 is 13.2 Å². The van der Waals surface area contributed by atoms with E-state index in [0.717, 1.165) is 11.0 Å². The molecule has 0 atom stereocenters. The first-order chi connectivity index (χ1) is 8.88. The minimum atomic E-state index is -4.20. The van der Waals surface area contributed by atoms with E-state index in [1.165, 1.54) is 0 Å². The van der Waals surface area contributed by atoms with E-state index in [2.05, 4.69) is 10.3 Å². The second-order valence-corrected chi connectivity index (χ2v) is 4.70. The predicted octanol–water partition coefficient (Wildman–Crippen LogP) is 3.27. The SMILES string of the molecule is CC(C)n1c(CNCC(F)(F)F)nc2ccccc21. The molecule has 3 nitrogen and oxygen atoms in total. The molecule has 2 rings (SSSR count). The molecule has 0 saturated carbocycles. The summed E-state index contributed by atoms with van der Waals surface area (Å²) in [5.41, 5.74) is 1.75. The molecular weight excluding hydrogens is 255 g/mol. The van der Waals surface area contributed by atoms with Crippen molar-refractivity contribution in [2.45, 2.75) is 32.6 Å². The first kappa shape index (κ1) is 13.9. The quantitative estimate of drug-likeness (QED) is 0.925. The summed E-state index contributed by atoms with van der Waals surface area (Å²) in [7, 11) is 0. The first-order valence-corrected chi connectivity index (χ1v) is 6.12. The number of aromatic nitrogens is 2. The lowest BCUT2D eigenvalue weighted by Gasteiger charge is -2.14. The molecule has 0 amide bonds. The predicted molar refractivity (Wildman–Crippen MR) is 67.9 cm³/mol. The molecule has 19 heavy (non-hydrogen) atoms. The highest BCUT2D eigenvalue weighted by Gasteiger charge is 2.26. The molecule has 104 valence electrons. The molecule has 0 aliphatic carbocycles. The summed E-state index contributed by atoms with van der Waals surface area (Å²) in [6.45, 7) is 3.07. The zero-order chi connectivity index (χ0) is 14.0. The van der Waals surface area contributed by atoms with Crippen molar-refractivity contribution in [3.8, 4) is 0 Å². The molecule has 1 aromatic carbocycles. The van der Waals surface area contributed by atoms with Crippen LogP contribution in [0.3, 0.4) is 0 Å². The molecule has 0 aliphatic rings. The number of para-hydroxylation sites is 2. The fraction of sp³-hybridized carbons (Fsp3) is 0.462. The zero-order valence-corrected chi connectivity index (χ0v) is 10.8. The Morgan fingerprint density at radius 1 is 1.26 bits per heavy atom. The molecule has 6 heteroatoms. The summed E-state index contributed by atoms with van der Waals surface area (Å²) in [6, 6.07) is 7.70. The Morgan fingerprint density at radius 2 is 1.95 bits per heavy atom. The summed E-state index contributed by atoms with van der Waals surface area (Å²) in [4.78, 5) is 4.39. The lowest BCUT2D eigenvalue weighted by Crippen LogP contribution is -2.29. The summed E-state index contributed by atoms with van der Waals surface area (Å²) in [5.74, 6) is 0.625. The minimum absolute atomic E-state index is 0.104. The van der Waals surface area contributed by atoms with Crippen molar-refractivity contribution in [2.24, 2.45) is 0 Å². The van der Waals surface area contributed by atoms with Gasteiger partial charge in [-0.15, -0.1) is 0 Å². The van der Waals surface area contributed by atoms with Crippen LogP contribution in [0.5, 0.6) is 0 Å². The van der Waals surface area contributed by atoms with Gasteiger partial charge in [0.05, 0.1) is 24.1 Å². The topological polar surface area (TPSA) is 29.9 Å². The maximum atomic E-state index is 12.1. The number of hydrogen-bond acceptors (Lipinski definition) is 2. The van der Waals surface area contributed by atoms with Crippen molar-refractivity contribution in [1.82, 2.24) is 14.9 Å². The normalized spacial score (nSPS) is 12.5. The van der Waals surface area contributed by atoms with Crippen LogP contribution in [0.15, 0.2) is 24.3 Å². The lowest BCUT2D eigenvalue weighted by atomic mass is 10.3. The maximum Gasteiger partial charge on any atom is 0.401 e.